The molecule has 0 saturated heterocycles. The van der Waals surface area contributed by atoms with Gasteiger partial charge in [0.05, 0.1) is 11.7 Å². The molecule has 0 heterocycles. The number of ketones is 2. The summed E-state index contributed by atoms with van der Waals surface area (Å²) in [5.41, 5.74) is -1.88. The van der Waals surface area contributed by atoms with Crippen molar-refractivity contribution in [3.05, 3.63) is 71.8 Å². The molecular formula is C31H34O7. The molecule has 2 saturated carbocycles. The molecule has 0 bridgehead atoms. The van der Waals surface area contributed by atoms with Crippen molar-refractivity contribution >= 4 is 23.5 Å². The zero-order valence-corrected chi connectivity index (χ0v) is 22.2. The molecule has 8 atom stereocenters. The Hall–Kier alpha value is -3.32. The molecule has 0 aromatic heterocycles. The smallest absolute Gasteiger partial charge is 0.339 e. The summed E-state index contributed by atoms with van der Waals surface area (Å²) in [6, 6.07) is 8.50. The summed E-state index contributed by atoms with van der Waals surface area (Å²) in [6.07, 6.45) is 9.06. The third kappa shape index (κ3) is 3.74. The molecule has 5 rings (SSSR count). The predicted octanol–water partition coefficient (Wildman–Crippen LogP) is 4.02. The van der Waals surface area contributed by atoms with Gasteiger partial charge in [0.15, 0.2) is 18.0 Å². The number of ether oxygens (including phenoxy) is 2. The zero-order chi connectivity index (χ0) is 27.5. The summed E-state index contributed by atoms with van der Waals surface area (Å²) < 4.78 is 11.4. The van der Waals surface area contributed by atoms with E-state index >= 15 is 0 Å². The minimum Gasteiger partial charge on any atom is -0.458 e. The molecule has 1 N–H and O–H groups in total. The Morgan fingerprint density at radius 1 is 1.11 bits per heavy atom. The molecule has 0 amide bonds. The quantitative estimate of drug-likeness (QED) is 0.587. The van der Waals surface area contributed by atoms with Gasteiger partial charge in [-0.05, 0) is 54.5 Å². The second-order valence-electron chi connectivity index (χ2n) is 11.7. The third-order valence-corrected chi connectivity index (χ3v) is 9.68. The van der Waals surface area contributed by atoms with E-state index in [1.165, 1.54) is 6.92 Å². The van der Waals surface area contributed by atoms with E-state index in [1.54, 1.807) is 42.5 Å². The first-order chi connectivity index (χ1) is 17.9. The summed E-state index contributed by atoms with van der Waals surface area (Å²) >= 11 is 0. The van der Waals surface area contributed by atoms with Gasteiger partial charge >= 0.3 is 11.9 Å². The van der Waals surface area contributed by atoms with E-state index in [0.717, 1.165) is 5.57 Å². The fraction of sp³-hybridized carbons (Fsp3) is 0.484. The maximum Gasteiger partial charge on any atom is 0.339 e. The van der Waals surface area contributed by atoms with Crippen molar-refractivity contribution in [3.63, 3.8) is 0 Å². The van der Waals surface area contributed by atoms with Gasteiger partial charge in [-0.15, -0.1) is 0 Å². The monoisotopic (exact) mass is 518 g/mol. The van der Waals surface area contributed by atoms with E-state index in [1.807, 2.05) is 39.0 Å². The Morgan fingerprint density at radius 2 is 1.82 bits per heavy atom. The minimum absolute atomic E-state index is 0.0758. The number of benzene rings is 1. The van der Waals surface area contributed by atoms with Gasteiger partial charge in [-0.3, -0.25) is 14.4 Å². The van der Waals surface area contributed by atoms with E-state index < -0.39 is 46.9 Å². The molecule has 38 heavy (non-hydrogen) atoms. The highest BCUT2D eigenvalue weighted by Crippen LogP contribution is 2.68. The van der Waals surface area contributed by atoms with Crippen LogP contribution in [0.2, 0.25) is 0 Å². The van der Waals surface area contributed by atoms with Gasteiger partial charge in [-0.2, -0.15) is 0 Å². The molecule has 0 radical (unpaired) electrons. The zero-order valence-electron chi connectivity index (χ0n) is 22.2. The third-order valence-electron chi connectivity index (χ3n) is 9.68. The molecule has 4 aliphatic rings. The van der Waals surface area contributed by atoms with Crippen molar-refractivity contribution in [3.8, 4) is 0 Å². The second-order valence-corrected chi connectivity index (χ2v) is 11.7. The number of esters is 2. The predicted molar refractivity (Wildman–Crippen MR) is 139 cm³/mol. The van der Waals surface area contributed by atoms with Gasteiger partial charge < -0.3 is 14.6 Å². The summed E-state index contributed by atoms with van der Waals surface area (Å²) in [5.74, 6) is -2.60. The lowest BCUT2D eigenvalue weighted by atomic mass is 9.47. The Kier molecular flexibility index (Phi) is 6.33. The summed E-state index contributed by atoms with van der Waals surface area (Å²) in [6.45, 7) is 6.58. The molecule has 0 aliphatic heterocycles. The van der Waals surface area contributed by atoms with Gasteiger partial charge in [0.25, 0.3) is 0 Å². The first-order valence-electron chi connectivity index (χ1n) is 13.2. The lowest BCUT2D eigenvalue weighted by Crippen LogP contribution is -2.64. The van der Waals surface area contributed by atoms with Crippen molar-refractivity contribution in [2.24, 2.45) is 34.5 Å². The van der Waals surface area contributed by atoms with Crippen molar-refractivity contribution < 1.29 is 33.8 Å². The largest absolute Gasteiger partial charge is 0.458 e. The summed E-state index contributed by atoms with van der Waals surface area (Å²) in [5, 5.41) is 11.7. The number of aliphatic hydroxyl groups is 1. The fourth-order valence-electron chi connectivity index (χ4n) is 8.03. The van der Waals surface area contributed by atoms with Gasteiger partial charge in [-0.1, -0.05) is 57.2 Å². The van der Waals surface area contributed by atoms with Crippen LogP contribution in [0.4, 0.5) is 0 Å². The van der Waals surface area contributed by atoms with Crippen LogP contribution in [0.3, 0.4) is 0 Å². The molecule has 0 unspecified atom stereocenters. The average Bonchev–Trinajstić information content (AvgIpc) is 3.09. The van der Waals surface area contributed by atoms with Crippen LogP contribution in [-0.2, 0) is 23.9 Å². The van der Waals surface area contributed by atoms with Crippen LogP contribution in [0.1, 0.15) is 50.9 Å². The summed E-state index contributed by atoms with van der Waals surface area (Å²) in [7, 11) is 0. The van der Waals surface area contributed by atoms with E-state index in [-0.39, 0.29) is 35.9 Å². The molecule has 1 aromatic rings. The van der Waals surface area contributed by atoms with Crippen LogP contribution >= 0.6 is 0 Å². The van der Waals surface area contributed by atoms with Crippen molar-refractivity contribution in [1.29, 1.82) is 0 Å². The first-order valence-corrected chi connectivity index (χ1v) is 13.2. The Bertz CT molecular complexity index is 1280. The summed E-state index contributed by atoms with van der Waals surface area (Å²) in [4.78, 5) is 51.1. The minimum atomic E-state index is -1.60. The van der Waals surface area contributed by atoms with Gasteiger partial charge in [0.1, 0.15) is 0 Å². The number of allylic oxidation sites excluding steroid dienone is 6. The standard InChI is InChI=1S/C31H34O7/c1-18-14-24-23-11-10-21-15-22(33)12-13-29(21,3)27(23)25(34)16-30(24,4)31(18,26(35)17-37-19(2)32)38-28(36)20-8-6-5-7-9-20/h5-13,15,18,23-25,27,34H,14,16-17H2,1-4H3/t18-,23+,24+,25+,27-,29+,30+,31-/m1/s1. The molecule has 200 valence electrons. The van der Waals surface area contributed by atoms with Crippen molar-refractivity contribution in [2.75, 3.05) is 6.61 Å². The lowest BCUT2D eigenvalue weighted by Gasteiger charge is -2.58. The Labute approximate surface area is 222 Å². The maximum atomic E-state index is 14.0. The highest BCUT2D eigenvalue weighted by molar-refractivity contribution is 6.01. The Balaban J connectivity index is 1.60. The second kappa shape index (κ2) is 9.16. The van der Waals surface area contributed by atoms with E-state index in [4.69, 9.17) is 9.47 Å². The first kappa shape index (κ1) is 26.3. The number of fused-ring (bicyclic) bond motifs is 5. The number of aliphatic hydroxyl groups excluding tert-OH is 1. The maximum absolute atomic E-state index is 14.0. The highest BCUT2D eigenvalue weighted by atomic mass is 16.6. The number of carbonyl (C=O) groups is 4. The number of Topliss-reactive ketones (excluding diaryl/α,β-unsaturated/α-hetero) is 1. The molecule has 7 heteroatoms. The number of rotatable bonds is 5. The SMILES string of the molecule is CC(=O)OCC(=O)[C@]1(OC(=O)c2ccccc2)[C@H](C)C[C@H]2[C@@H]3C=CC4=CC(=O)C=C[C@]4(C)[C@H]3[C@@H](O)C[C@@]21C. The molecule has 2 fully saturated rings. The molecule has 0 spiro atoms. The fourth-order valence-corrected chi connectivity index (χ4v) is 8.03. The van der Waals surface area contributed by atoms with Crippen LogP contribution < -0.4 is 0 Å². The van der Waals surface area contributed by atoms with Crippen molar-refractivity contribution in [2.45, 2.75) is 52.2 Å². The van der Waals surface area contributed by atoms with Crippen molar-refractivity contribution in [1.82, 2.24) is 0 Å². The van der Waals surface area contributed by atoms with Gasteiger partial charge in [-0.25, -0.2) is 4.79 Å². The van der Waals surface area contributed by atoms with Gasteiger partial charge in [0, 0.05) is 29.6 Å². The molecule has 4 aliphatic carbocycles. The molecule has 1 aromatic carbocycles. The van der Waals surface area contributed by atoms with E-state index in [2.05, 4.69) is 0 Å². The lowest BCUT2D eigenvalue weighted by molar-refractivity contribution is -0.182. The average molecular weight is 519 g/mol. The number of hydrogen-bond donors (Lipinski definition) is 1. The Morgan fingerprint density at radius 3 is 2.50 bits per heavy atom. The normalized spacial score (nSPS) is 38.9. The highest BCUT2D eigenvalue weighted by Gasteiger charge is 2.72. The van der Waals surface area contributed by atoms with Crippen LogP contribution in [0.5, 0.6) is 0 Å². The van der Waals surface area contributed by atoms with Crippen LogP contribution in [0.25, 0.3) is 0 Å². The van der Waals surface area contributed by atoms with Crippen LogP contribution in [0.15, 0.2) is 66.3 Å². The number of hydrogen-bond acceptors (Lipinski definition) is 7. The topological polar surface area (TPSA) is 107 Å². The van der Waals surface area contributed by atoms with Gasteiger partial charge in [0.2, 0.25) is 5.78 Å². The van der Waals surface area contributed by atoms with Crippen LogP contribution in [-0.4, -0.2) is 46.9 Å². The molecule has 7 nitrogen and oxygen atoms in total. The van der Waals surface area contributed by atoms with E-state index in [0.29, 0.717) is 12.0 Å². The van der Waals surface area contributed by atoms with E-state index in [9.17, 15) is 24.3 Å². The number of carbonyl (C=O) groups excluding carboxylic acids is 4. The molecular weight excluding hydrogens is 484 g/mol. The van der Waals surface area contributed by atoms with Crippen LogP contribution in [0, 0.1) is 34.5 Å².